The van der Waals surface area contributed by atoms with Gasteiger partial charge in [-0.25, -0.2) is 0 Å². The second kappa shape index (κ2) is 5.92. The van der Waals surface area contributed by atoms with E-state index in [4.69, 9.17) is 11.1 Å². The van der Waals surface area contributed by atoms with Crippen LogP contribution in [0.1, 0.15) is 49.8 Å². The van der Waals surface area contributed by atoms with Crippen LogP contribution in [0.5, 0.6) is 0 Å². The third kappa shape index (κ3) is 2.85. The molecular weight excluding hydrogens is 248 g/mol. The van der Waals surface area contributed by atoms with E-state index in [-0.39, 0.29) is 5.84 Å². The maximum atomic E-state index is 7.49. The molecule has 1 unspecified atom stereocenters. The van der Waals surface area contributed by atoms with Crippen molar-refractivity contribution < 1.29 is 0 Å². The Morgan fingerprint density at radius 1 is 1.30 bits per heavy atom. The van der Waals surface area contributed by atoms with Crippen LogP contribution < -0.4 is 5.73 Å². The Hall–Kier alpha value is -1.42. The van der Waals surface area contributed by atoms with Gasteiger partial charge >= 0.3 is 0 Å². The minimum atomic E-state index is 0.0561. The summed E-state index contributed by atoms with van der Waals surface area (Å²) in [5.74, 6) is 0.965. The summed E-state index contributed by atoms with van der Waals surface area (Å²) in [5.41, 5.74) is 7.35. The molecule has 4 heteroatoms. The molecule has 3 N–H and O–H groups in total. The number of amidine groups is 1. The molecule has 0 aromatic carbocycles. The predicted molar refractivity (Wildman–Crippen MR) is 80.6 cm³/mol. The van der Waals surface area contributed by atoms with Gasteiger partial charge in [0.2, 0.25) is 0 Å². The van der Waals surface area contributed by atoms with Gasteiger partial charge in [0.15, 0.2) is 0 Å². The fourth-order valence-electron chi connectivity index (χ4n) is 3.88. The third-order valence-corrected chi connectivity index (χ3v) is 4.84. The maximum absolute atomic E-state index is 7.49. The van der Waals surface area contributed by atoms with Crippen LogP contribution in [0.15, 0.2) is 18.3 Å². The summed E-state index contributed by atoms with van der Waals surface area (Å²) in [4.78, 5) is 6.78. The maximum Gasteiger partial charge on any atom is 0.141 e. The minimum Gasteiger partial charge on any atom is -0.382 e. The molecule has 0 spiro atoms. The van der Waals surface area contributed by atoms with Crippen molar-refractivity contribution in [3.63, 3.8) is 0 Å². The summed E-state index contributed by atoms with van der Waals surface area (Å²) in [7, 11) is 0. The Bertz CT molecular complexity index is 479. The molecule has 2 heterocycles. The second-order valence-electron chi connectivity index (χ2n) is 6.19. The minimum absolute atomic E-state index is 0.0561. The van der Waals surface area contributed by atoms with E-state index in [0.717, 1.165) is 18.5 Å². The summed E-state index contributed by atoms with van der Waals surface area (Å²) < 4.78 is 0. The van der Waals surface area contributed by atoms with Crippen LogP contribution in [0.2, 0.25) is 0 Å². The van der Waals surface area contributed by atoms with Gasteiger partial charge in [-0.3, -0.25) is 15.3 Å². The zero-order valence-corrected chi connectivity index (χ0v) is 12.0. The van der Waals surface area contributed by atoms with E-state index in [9.17, 15) is 0 Å². The van der Waals surface area contributed by atoms with E-state index < -0.39 is 0 Å². The van der Waals surface area contributed by atoms with Crippen molar-refractivity contribution >= 4 is 5.84 Å². The van der Waals surface area contributed by atoms with Crippen LogP contribution in [0.4, 0.5) is 0 Å². The third-order valence-electron chi connectivity index (χ3n) is 4.84. The average Bonchev–Trinajstić information content (AvgIpc) is 3.09. The lowest BCUT2D eigenvalue weighted by Gasteiger charge is -2.29. The molecule has 1 saturated heterocycles. The Labute approximate surface area is 120 Å². The van der Waals surface area contributed by atoms with Gasteiger partial charge < -0.3 is 5.73 Å². The lowest BCUT2D eigenvalue weighted by Crippen LogP contribution is -2.34. The van der Waals surface area contributed by atoms with Crippen molar-refractivity contribution in [3.05, 3.63) is 29.6 Å². The van der Waals surface area contributed by atoms with Crippen molar-refractivity contribution in [2.45, 2.75) is 51.1 Å². The molecule has 4 nitrogen and oxygen atoms in total. The van der Waals surface area contributed by atoms with Gasteiger partial charge in [-0.05, 0) is 55.8 Å². The normalized spacial score (nSPS) is 24.3. The Morgan fingerprint density at radius 2 is 2.10 bits per heavy atom. The summed E-state index contributed by atoms with van der Waals surface area (Å²) in [6.45, 7) is 2.18. The molecule has 0 radical (unpaired) electrons. The Kier molecular flexibility index (Phi) is 4.01. The lowest BCUT2D eigenvalue weighted by molar-refractivity contribution is 0.183. The Balaban J connectivity index is 1.69. The zero-order chi connectivity index (χ0) is 13.9. The number of hydrogen-bond donors (Lipinski definition) is 2. The molecular formula is C16H24N4. The molecule has 1 aromatic heterocycles. The van der Waals surface area contributed by atoms with Gasteiger partial charge in [0.25, 0.3) is 0 Å². The van der Waals surface area contributed by atoms with Crippen LogP contribution in [-0.4, -0.2) is 28.3 Å². The van der Waals surface area contributed by atoms with E-state index in [1.165, 1.54) is 50.6 Å². The molecule has 1 aliphatic heterocycles. The zero-order valence-electron chi connectivity index (χ0n) is 12.0. The van der Waals surface area contributed by atoms with E-state index in [0.29, 0.717) is 5.69 Å². The molecule has 2 fully saturated rings. The number of nitrogens with two attached hydrogens (primary N) is 1. The first kappa shape index (κ1) is 13.6. The first-order valence-corrected chi connectivity index (χ1v) is 7.77. The number of pyridine rings is 1. The van der Waals surface area contributed by atoms with Crippen molar-refractivity contribution in [2.24, 2.45) is 11.7 Å². The van der Waals surface area contributed by atoms with Crippen LogP contribution in [-0.2, 0) is 6.54 Å². The topological polar surface area (TPSA) is 66.0 Å². The van der Waals surface area contributed by atoms with E-state index >= 15 is 0 Å². The molecule has 108 valence electrons. The number of likely N-dealkylation sites (tertiary alicyclic amines) is 1. The number of hydrogen-bond acceptors (Lipinski definition) is 3. The molecule has 0 bridgehead atoms. The van der Waals surface area contributed by atoms with E-state index in [1.807, 2.05) is 6.07 Å². The smallest absolute Gasteiger partial charge is 0.141 e. The summed E-state index contributed by atoms with van der Waals surface area (Å²) in [6.07, 6.45) is 10.1. The fraction of sp³-hybridized carbons (Fsp3) is 0.625. The average molecular weight is 272 g/mol. The van der Waals surface area contributed by atoms with Crippen LogP contribution in [0.25, 0.3) is 0 Å². The fourth-order valence-corrected chi connectivity index (χ4v) is 3.88. The molecule has 1 atom stereocenters. The Morgan fingerprint density at radius 3 is 2.85 bits per heavy atom. The highest BCUT2D eigenvalue weighted by atomic mass is 15.2. The van der Waals surface area contributed by atoms with E-state index in [1.54, 1.807) is 6.20 Å². The lowest BCUT2D eigenvalue weighted by atomic mass is 9.96. The highest BCUT2D eigenvalue weighted by Crippen LogP contribution is 2.35. The number of rotatable bonds is 4. The van der Waals surface area contributed by atoms with Crippen molar-refractivity contribution in [1.82, 2.24) is 9.88 Å². The van der Waals surface area contributed by atoms with Gasteiger partial charge in [0, 0.05) is 18.8 Å². The first-order chi connectivity index (χ1) is 9.74. The highest BCUT2D eigenvalue weighted by molar-refractivity contribution is 5.93. The molecule has 2 aliphatic rings. The molecule has 3 rings (SSSR count). The largest absolute Gasteiger partial charge is 0.382 e. The molecule has 1 saturated carbocycles. The predicted octanol–water partition coefficient (Wildman–Crippen LogP) is 2.52. The number of nitrogens with zero attached hydrogens (tertiary/aromatic N) is 2. The molecule has 20 heavy (non-hydrogen) atoms. The second-order valence-corrected chi connectivity index (χ2v) is 6.19. The van der Waals surface area contributed by atoms with Gasteiger partial charge in [-0.1, -0.05) is 12.8 Å². The first-order valence-electron chi connectivity index (χ1n) is 7.77. The van der Waals surface area contributed by atoms with Gasteiger partial charge in [-0.15, -0.1) is 0 Å². The summed E-state index contributed by atoms with van der Waals surface area (Å²) >= 11 is 0. The van der Waals surface area contributed by atoms with Crippen LogP contribution >= 0.6 is 0 Å². The quantitative estimate of drug-likeness (QED) is 0.654. The molecule has 1 aromatic rings. The van der Waals surface area contributed by atoms with Crippen molar-refractivity contribution in [1.29, 1.82) is 5.41 Å². The van der Waals surface area contributed by atoms with Crippen molar-refractivity contribution in [3.8, 4) is 0 Å². The monoisotopic (exact) mass is 272 g/mol. The number of aromatic nitrogens is 1. The number of nitrogens with one attached hydrogen (secondary N) is 1. The van der Waals surface area contributed by atoms with E-state index in [2.05, 4.69) is 16.0 Å². The van der Waals surface area contributed by atoms with Gasteiger partial charge in [0.05, 0.1) is 0 Å². The summed E-state index contributed by atoms with van der Waals surface area (Å²) in [6, 6.07) is 4.79. The van der Waals surface area contributed by atoms with Gasteiger partial charge in [0.1, 0.15) is 11.5 Å². The number of nitrogen functional groups attached to an aromatic ring is 1. The summed E-state index contributed by atoms with van der Waals surface area (Å²) in [5, 5.41) is 7.49. The highest BCUT2D eigenvalue weighted by Gasteiger charge is 2.33. The van der Waals surface area contributed by atoms with Crippen LogP contribution in [0.3, 0.4) is 0 Å². The van der Waals surface area contributed by atoms with Crippen molar-refractivity contribution in [2.75, 3.05) is 6.54 Å². The molecule has 1 aliphatic carbocycles. The van der Waals surface area contributed by atoms with Gasteiger partial charge in [-0.2, -0.15) is 0 Å². The standard InChI is InChI=1S/C16H24N4/c17-16(18)14-10-12(7-8-19-14)11-20-9-3-6-15(20)13-4-1-2-5-13/h7-8,10,13,15H,1-6,9,11H2,(H3,17,18). The molecule has 0 amide bonds. The van der Waals surface area contributed by atoms with Crippen LogP contribution in [0, 0.1) is 11.3 Å². The SMILES string of the molecule is N=C(N)c1cc(CN2CCCC2C2CCCC2)ccn1.